The summed E-state index contributed by atoms with van der Waals surface area (Å²) in [5.74, 6) is 0.394. The monoisotopic (exact) mass is 310 g/mol. The van der Waals surface area contributed by atoms with Crippen molar-refractivity contribution < 1.29 is 4.79 Å². The quantitative estimate of drug-likeness (QED) is 0.687. The molecule has 0 bridgehead atoms. The van der Waals surface area contributed by atoms with E-state index in [0.29, 0.717) is 10.7 Å². The van der Waals surface area contributed by atoms with Crippen molar-refractivity contribution in [1.82, 2.24) is 20.5 Å². The number of nitrogens with one attached hydrogen (secondary N) is 2. The van der Waals surface area contributed by atoms with Crippen LogP contribution in [0.4, 0.5) is 10.9 Å². The van der Waals surface area contributed by atoms with Crippen LogP contribution >= 0.6 is 11.3 Å². The van der Waals surface area contributed by atoms with Crippen LogP contribution in [0.25, 0.3) is 0 Å². The Balaban J connectivity index is 1.74. The summed E-state index contributed by atoms with van der Waals surface area (Å²) < 4.78 is 0. The number of carbonyl (C=O) groups is 1. The molecule has 0 saturated carbocycles. The largest absolute Gasteiger partial charge is 0.382 e. The molecule has 0 aromatic carbocycles. The van der Waals surface area contributed by atoms with Gasteiger partial charge in [0.05, 0.1) is 0 Å². The molecule has 1 amide bonds. The zero-order valence-corrected chi connectivity index (χ0v) is 12.9. The molecule has 1 aromatic rings. The molecule has 3 rings (SSSR count). The van der Waals surface area contributed by atoms with Gasteiger partial charge in [-0.25, -0.2) is 4.98 Å². The molecule has 0 spiro atoms. The van der Waals surface area contributed by atoms with E-state index >= 15 is 0 Å². The molecule has 2 aliphatic rings. The molecular formula is C13H22N6OS. The highest BCUT2D eigenvalue weighted by molar-refractivity contribution is 7.18. The maximum absolute atomic E-state index is 12.6. The summed E-state index contributed by atoms with van der Waals surface area (Å²) in [4.78, 5) is 21.7. The van der Waals surface area contributed by atoms with Gasteiger partial charge in [0, 0.05) is 45.8 Å². The van der Waals surface area contributed by atoms with Crippen molar-refractivity contribution in [2.45, 2.75) is 6.42 Å². The van der Waals surface area contributed by atoms with Crippen molar-refractivity contribution in [3.05, 3.63) is 4.88 Å². The maximum atomic E-state index is 12.6. The van der Waals surface area contributed by atoms with E-state index in [4.69, 9.17) is 5.73 Å². The van der Waals surface area contributed by atoms with Crippen LogP contribution in [0.15, 0.2) is 0 Å². The molecule has 0 unspecified atom stereocenters. The number of nitrogens with two attached hydrogens (primary N) is 1. The molecule has 2 saturated heterocycles. The number of anilines is 2. The van der Waals surface area contributed by atoms with E-state index in [9.17, 15) is 4.79 Å². The Bertz CT molecular complexity index is 491. The van der Waals surface area contributed by atoms with Gasteiger partial charge in [-0.3, -0.25) is 4.79 Å². The van der Waals surface area contributed by atoms with Crippen LogP contribution in [0, 0.1) is 0 Å². The Morgan fingerprint density at radius 3 is 2.62 bits per heavy atom. The standard InChI is InChI=1S/C13H22N6OS/c14-11-10(12(20)18-6-1-2-15-3-7-18)21-13(17-11)19-8-4-16-5-9-19/h15-16H,1-9,14H2. The first-order chi connectivity index (χ1) is 10.3. The van der Waals surface area contributed by atoms with E-state index in [2.05, 4.69) is 20.5 Å². The molecule has 2 aliphatic heterocycles. The minimum Gasteiger partial charge on any atom is -0.382 e. The zero-order valence-electron chi connectivity index (χ0n) is 12.1. The summed E-state index contributed by atoms with van der Waals surface area (Å²) in [6.07, 6.45) is 0.981. The number of thiazole rings is 1. The summed E-state index contributed by atoms with van der Waals surface area (Å²) in [5.41, 5.74) is 5.99. The van der Waals surface area contributed by atoms with Gasteiger partial charge in [-0.2, -0.15) is 0 Å². The first kappa shape index (κ1) is 14.6. The molecule has 2 fully saturated rings. The summed E-state index contributed by atoms with van der Waals surface area (Å²) in [7, 11) is 0. The van der Waals surface area contributed by atoms with Crippen molar-refractivity contribution >= 4 is 28.2 Å². The summed E-state index contributed by atoms with van der Waals surface area (Å²) in [6, 6.07) is 0. The first-order valence-electron chi connectivity index (χ1n) is 7.47. The van der Waals surface area contributed by atoms with Gasteiger partial charge >= 0.3 is 0 Å². The highest BCUT2D eigenvalue weighted by atomic mass is 32.1. The van der Waals surface area contributed by atoms with E-state index in [1.54, 1.807) is 0 Å². The molecule has 3 heterocycles. The first-order valence-corrected chi connectivity index (χ1v) is 8.29. The Morgan fingerprint density at radius 1 is 1.10 bits per heavy atom. The minimum atomic E-state index is 0.0232. The van der Waals surface area contributed by atoms with Gasteiger partial charge in [-0.15, -0.1) is 0 Å². The Hall–Kier alpha value is -1.38. The highest BCUT2D eigenvalue weighted by Crippen LogP contribution is 2.29. The second-order valence-electron chi connectivity index (χ2n) is 5.34. The molecule has 0 atom stereocenters. The number of rotatable bonds is 2. The van der Waals surface area contributed by atoms with E-state index in [1.807, 2.05) is 4.90 Å². The third-order valence-corrected chi connectivity index (χ3v) is 4.97. The average molecular weight is 310 g/mol. The number of amides is 1. The van der Waals surface area contributed by atoms with Gasteiger partial charge in [0.2, 0.25) is 0 Å². The van der Waals surface area contributed by atoms with Crippen molar-refractivity contribution in [1.29, 1.82) is 0 Å². The second-order valence-corrected chi connectivity index (χ2v) is 6.32. The molecule has 21 heavy (non-hydrogen) atoms. The number of nitrogens with zero attached hydrogens (tertiary/aromatic N) is 3. The number of aromatic nitrogens is 1. The number of carbonyl (C=O) groups excluding carboxylic acids is 1. The number of nitrogen functional groups attached to an aromatic ring is 1. The SMILES string of the molecule is Nc1nc(N2CCNCC2)sc1C(=O)N1CCCNCC1. The number of piperazine rings is 1. The lowest BCUT2D eigenvalue weighted by Crippen LogP contribution is -2.43. The fourth-order valence-corrected chi connectivity index (χ4v) is 3.66. The average Bonchev–Trinajstić information content (AvgIpc) is 2.74. The lowest BCUT2D eigenvalue weighted by Gasteiger charge is -2.26. The lowest BCUT2D eigenvalue weighted by molar-refractivity contribution is 0.0772. The molecule has 7 nitrogen and oxygen atoms in total. The second kappa shape index (κ2) is 6.59. The van der Waals surface area contributed by atoms with Gasteiger partial charge in [0.25, 0.3) is 5.91 Å². The molecule has 4 N–H and O–H groups in total. The zero-order chi connectivity index (χ0) is 14.7. The van der Waals surface area contributed by atoms with Gasteiger partial charge < -0.3 is 26.2 Å². The third kappa shape index (κ3) is 3.28. The topological polar surface area (TPSA) is 86.5 Å². The number of hydrogen-bond acceptors (Lipinski definition) is 7. The van der Waals surface area contributed by atoms with Crippen LogP contribution in [0.1, 0.15) is 16.1 Å². The van der Waals surface area contributed by atoms with Crippen molar-refractivity contribution in [3.63, 3.8) is 0 Å². The van der Waals surface area contributed by atoms with Crippen LogP contribution in [-0.2, 0) is 0 Å². The van der Waals surface area contributed by atoms with Crippen molar-refractivity contribution in [2.75, 3.05) is 63.0 Å². The van der Waals surface area contributed by atoms with Gasteiger partial charge in [-0.05, 0) is 13.0 Å². The van der Waals surface area contributed by atoms with Crippen LogP contribution in [0.2, 0.25) is 0 Å². The molecule has 1 aromatic heterocycles. The highest BCUT2D eigenvalue weighted by Gasteiger charge is 2.24. The van der Waals surface area contributed by atoms with E-state index < -0.39 is 0 Å². The van der Waals surface area contributed by atoms with Crippen LogP contribution in [-0.4, -0.2) is 68.1 Å². The summed E-state index contributed by atoms with van der Waals surface area (Å²) in [5, 5.41) is 7.48. The van der Waals surface area contributed by atoms with Crippen molar-refractivity contribution in [3.8, 4) is 0 Å². The predicted molar refractivity (Wildman–Crippen MR) is 85.0 cm³/mol. The van der Waals surface area contributed by atoms with E-state index in [0.717, 1.165) is 63.9 Å². The normalized spacial score (nSPS) is 20.4. The van der Waals surface area contributed by atoms with E-state index in [1.165, 1.54) is 11.3 Å². The van der Waals surface area contributed by atoms with Gasteiger partial charge in [0.15, 0.2) is 5.13 Å². The van der Waals surface area contributed by atoms with E-state index in [-0.39, 0.29) is 5.91 Å². The Labute approximate surface area is 128 Å². The Kier molecular flexibility index (Phi) is 4.57. The maximum Gasteiger partial charge on any atom is 0.267 e. The predicted octanol–water partition coefficient (Wildman–Crippen LogP) is -0.430. The smallest absolute Gasteiger partial charge is 0.267 e. The van der Waals surface area contributed by atoms with Crippen LogP contribution < -0.4 is 21.3 Å². The summed E-state index contributed by atoms with van der Waals surface area (Å²) in [6.45, 7) is 7.04. The summed E-state index contributed by atoms with van der Waals surface area (Å²) >= 11 is 1.43. The molecule has 0 aliphatic carbocycles. The number of hydrogen-bond donors (Lipinski definition) is 3. The van der Waals surface area contributed by atoms with Crippen LogP contribution in [0.3, 0.4) is 0 Å². The third-order valence-electron chi connectivity index (χ3n) is 3.85. The fraction of sp³-hybridized carbons (Fsp3) is 0.692. The Morgan fingerprint density at radius 2 is 1.81 bits per heavy atom. The van der Waals surface area contributed by atoms with Gasteiger partial charge in [0.1, 0.15) is 10.7 Å². The fourth-order valence-electron chi connectivity index (χ4n) is 2.66. The van der Waals surface area contributed by atoms with Crippen LogP contribution in [0.5, 0.6) is 0 Å². The van der Waals surface area contributed by atoms with Gasteiger partial charge in [-0.1, -0.05) is 11.3 Å². The minimum absolute atomic E-state index is 0.0232. The molecular weight excluding hydrogens is 288 g/mol. The molecule has 0 radical (unpaired) electrons. The molecule has 116 valence electrons. The van der Waals surface area contributed by atoms with Crippen molar-refractivity contribution in [2.24, 2.45) is 0 Å². The lowest BCUT2D eigenvalue weighted by atomic mass is 10.3. The molecule has 8 heteroatoms.